The minimum absolute atomic E-state index is 0.607. The highest BCUT2D eigenvalue weighted by atomic mass is 16.1. The second kappa shape index (κ2) is 4.63. The van der Waals surface area contributed by atoms with Gasteiger partial charge in [-0.05, 0) is 42.8 Å². The van der Waals surface area contributed by atoms with Crippen LogP contribution in [0.4, 0.5) is 0 Å². The van der Waals surface area contributed by atoms with E-state index in [9.17, 15) is 4.79 Å². The Bertz CT molecular complexity index is 839. The van der Waals surface area contributed by atoms with E-state index in [1.807, 2.05) is 35.9 Å². The number of rotatable bonds is 2. The Labute approximate surface area is 115 Å². The van der Waals surface area contributed by atoms with Crippen molar-refractivity contribution in [2.24, 2.45) is 0 Å². The van der Waals surface area contributed by atoms with Gasteiger partial charge < -0.3 is 4.57 Å². The minimum Gasteiger partial charge on any atom is -0.301 e. The molecule has 2 heterocycles. The molecule has 4 heteroatoms. The fourth-order valence-electron chi connectivity index (χ4n) is 2.26. The van der Waals surface area contributed by atoms with E-state index in [4.69, 9.17) is 5.26 Å². The van der Waals surface area contributed by atoms with E-state index in [2.05, 4.69) is 11.1 Å². The zero-order chi connectivity index (χ0) is 14.1. The molecule has 0 spiro atoms. The number of aryl methyl sites for hydroxylation is 1. The molecule has 2 aromatic heterocycles. The number of fused-ring (bicyclic) bond motifs is 1. The van der Waals surface area contributed by atoms with Gasteiger partial charge in [0.25, 0.3) is 0 Å². The van der Waals surface area contributed by atoms with Crippen molar-refractivity contribution < 1.29 is 4.79 Å². The zero-order valence-corrected chi connectivity index (χ0v) is 10.9. The summed E-state index contributed by atoms with van der Waals surface area (Å²) >= 11 is 0. The van der Waals surface area contributed by atoms with Crippen molar-refractivity contribution in [1.29, 1.82) is 5.26 Å². The smallest absolute Gasteiger partial charge is 0.151 e. The first kappa shape index (κ1) is 12.1. The maximum absolute atomic E-state index is 10.9. The van der Waals surface area contributed by atoms with Gasteiger partial charge in [-0.25, -0.2) is 4.98 Å². The van der Waals surface area contributed by atoms with Crippen molar-refractivity contribution >= 4 is 17.3 Å². The molecule has 0 N–H and O–H groups in total. The van der Waals surface area contributed by atoms with Crippen LogP contribution >= 0.6 is 0 Å². The fourth-order valence-corrected chi connectivity index (χ4v) is 2.26. The second-order valence-corrected chi connectivity index (χ2v) is 4.54. The van der Waals surface area contributed by atoms with Gasteiger partial charge in [0.1, 0.15) is 5.65 Å². The van der Waals surface area contributed by atoms with Crippen LogP contribution in [0.5, 0.6) is 0 Å². The molecule has 0 saturated heterocycles. The van der Waals surface area contributed by atoms with E-state index in [0.29, 0.717) is 11.1 Å². The quantitative estimate of drug-likeness (QED) is 0.666. The molecule has 20 heavy (non-hydrogen) atoms. The maximum Gasteiger partial charge on any atom is 0.151 e. The Hall–Kier alpha value is -2.93. The Morgan fingerprint density at radius 3 is 2.65 bits per heavy atom. The minimum atomic E-state index is 0.607. The Kier molecular flexibility index (Phi) is 2.81. The molecule has 0 amide bonds. The Balaban J connectivity index is 2.20. The third kappa shape index (κ3) is 1.77. The summed E-state index contributed by atoms with van der Waals surface area (Å²) in [6.07, 6.45) is 4.33. The van der Waals surface area contributed by atoms with Gasteiger partial charge >= 0.3 is 0 Å². The van der Waals surface area contributed by atoms with Crippen LogP contribution in [-0.2, 0) is 0 Å². The molecule has 0 bridgehead atoms. The largest absolute Gasteiger partial charge is 0.301 e. The summed E-state index contributed by atoms with van der Waals surface area (Å²) in [5.74, 6) is 0. The molecule has 0 radical (unpaired) electrons. The SMILES string of the molecule is Cc1c(C=O)cnc2c1ccn2-c1ccc(C#N)cc1. The van der Waals surface area contributed by atoms with Crippen LogP contribution < -0.4 is 0 Å². The number of nitriles is 1. The van der Waals surface area contributed by atoms with Crippen molar-refractivity contribution in [1.82, 2.24) is 9.55 Å². The molecule has 0 saturated carbocycles. The molecular formula is C16H11N3O. The van der Waals surface area contributed by atoms with Crippen molar-refractivity contribution in [2.45, 2.75) is 6.92 Å². The summed E-state index contributed by atoms with van der Waals surface area (Å²) in [4.78, 5) is 15.3. The third-order valence-corrected chi connectivity index (χ3v) is 3.42. The van der Waals surface area contributed by atoms with Crippen molar-refractivity contribution in [2.75, 3.05) is 0 Å². The van der Waals surface area contributed by atoms with Crippen molar-refractivity contribution in [3.63, 3.8) is 0 Å². The first-order valence-electron chi connectivity index (χ1n) is 6.17. The summed E-state index contributed by atoms with van der Waals surface area (Å²) < 4.78 is 1.94. The normalized spacial score (nSPS) is 10.4. The van der Waals surface area contributed by atoms with Crippen LogP contribution in [0.3, 0.4) is 0 Å². The maximum atomic E-state index is 10.9. The van der Waals surface area contributed by atoms with Gasteiger partial charge in [-0.3, -0.25) is 4.79 Å². The highest BCUT2D eigenvalue weighted by Crippen LogP contribution is 2.23. The lowest BCUT2D eigenvalue weighted by molar-refractivity contribution is 0.112. The van der Waals surface area contributed by atoms with Crippen LogP contribution in [0.1, 0.15) is 21.5 Å². The van der Waals surface area contributed by atoms with E-state index in [-0.39, 0.29) is 0 Å². The summed E-state index contributed by atoms with van der Waals surface area (Å²) in [5.41, 5.74) is 3.90. The van der Waals surface area contributed by atoms with Gasteiger partial charge in [-0.1, -0.05) is 0 Å². The average molecular weight is 261 g/mol. The van der Waals surface area contributed by atoms with E-state index in [1.54, 1.807) is 18.3 Å². The van der Waals surface area contributed by atoms with E-state index < -0.39 is 0 Å². The predicted octanol–water partition coefficient (Wildman–Crippen LogP) is 3.02. The lowest BCUT2D eigenvalue weighted by Gasteiger charge is -2.06. The highest BCUT2D eigenvalue weighted by molar-refractivity contribution is 5.89. The van der Waals surface area contributed by atoms with Gasteiger partial charge in [0.15, 0.2) is 6.29 Å². The molecule has 4 nitrogen and oxygen atoms in total. The third-order valence-electron chi connectivity index (χ3n) is 3.42. The molecule has 0 aliphatic heterocycles. The number of carbonyl (C=O) groups is 1. The molecule has 1 aromatic carbocycles. The summed E-state index contributed by atoms with van der Waals surface area (Å²) in [6, 6.07) is 11.3. The number of aromatic nitrogens is 2. The first-order valence-corrected chi connectivity index (χ1v) is 6.17. The van der Waals surface area contributed by atoms with Gasteiger partial charge in [0.2, 0.25) is 0 Å². The molecule has 0 unspecified atom stereocenters. The van der Waals surface area contributed by atoms with Gasteiger partial charge in [-0.15, -0.1) is 0 Å². The van der Waals surface area contributed by atoms with Crippen molar-refractivity contribution in [3.8, 4) is 11.8 Å². The highest BCUT2D eigenvalue weighted by Gasteiger charge is 2.09. The molecule has 3 aromatic rings. The molecule has 0 atom stereocenters. The zero-order valence-electron chi connectivity index (χ0n) is 10.9. The number of hydrogen-bond acceptors (Lipinski definition) is 3. The summed E-state index contributed by atoms with van der Waals surface area (Å²) in [6.45, 7) is 1.91. The Morgan fingerprint density at radius 1 is 1.25 bits per heavy atom. The topological polar surface area (TPSA) is 58.7 Å². The summed E-state index contributed by atoms with van der Waals surface area (Å²) in [5, 5.41) is 9.78. The summed E-state index contributed by atoms with van der Waals surface area (Å²) in [7, 11) is 0. The van der Waals surface area contributed by atoms with Crippen LogP contribution in [-0.4, -0.2) is 15.8 Å². The monoisotopic (exact) mass is 261 g/mol. The second-order valence-electron chi connectivity index (χ2n) is 4.54. The lowest BCUT2D eigenvalue weighted by atomic mass is 10.1. The number of carbonyl (C=O) groups excluding carboxylic acids is 1. The van der Waals surface area contributed by atoms with Crippen LogP contribution in [0.25, 0.3) is 16.7 Å². The van der Waals surface area contributed by atoms with Crippen molar-refractivity contribution in [3.05, 3.63) is 59.4 Å². The van der Waals surface area contributed by atoms with E-state index in [0.717, 1.165) is 28.6 Å². The van der Waals surface area contributed by atoms with Gasteiger partial charge in [-0.2, -0.15) is 5.26 Å². The standard InChI is InChI=1S/C16H11N3O/c1-11-13(10-20)9-18-16-15(11)6-7-19(16)14-4-2-12(8-17)3-5-14/h2-7,9-10H,1H3. The molecule has 0 fully saturated rings. The predicted molar refractivity (Wildman–Crippen MR) is 75.9 cm³/mol. The average Bonchev–Trinajstić information content (AvgIpc) is 2.92. The number of pyridine rings is 1. The Morgan fingerprint density at radius 2 is 2.00 bits per heavy atom. The number of hydrogen-bond donors (Lipinski definition) is 0. The lowest BCUT2D eigenvalue weighted by Crippen LogP contribution is -1.96. The molecular weight excluding hydrogens is 250 g/mol. The molecule has 0 aliphatic carbocycles. The van der Waals surface area contributed by atoms with Crippen LogP contribution in [0, 0.1) is 18.3 Å². The molecule has 96 valence electrons. The van der Waals surface area contributed by atoms with E-state index >= 15 is 0 Å². The van der Waals surface area contributed by atoms with E-state index in [1.165, 1.54) is 0 Å². The number of nitrogens with zero attached hydrogens (tertiary/aromatic N) is 3. The molecule has 3 rings (SSSR count). The van der Waals surface area contributed by atoms with Gasteiger partial charge in [0.05, 0.1) is 11.6 Å². The first-order chi connectivity index (χ1) is 9.74. The number of aldehydes is 1. The molecule has 0 aliphatic rings. The van der Waals surface area contributed by atoms with Crippen LogP contribution in [0.15, 0.2) is 42.7 Å². The number of benzene rings is 1. The van der Waals surface area contributed by atoms with Crippen LogP contribution in [0.2, 0.25) is 0 Å². The van der Waals surface area contributed by atoms with Gasteiger partial charge in [0, 0.05) is 29.0 Å². The fraction of sp³-hybridized carbons (Fsp3) is 0.0625.